The van der Waals surface area contributed by atoms with Crippen LogP contribution in [-0.2, 0) is 4.74 Å². The van der Waals surface area contributed by atoms with Gasteiger partial charge in [-0.05, 0) is 25.2 Å². The molecule has 1 fully saturated rings. The van der Waals surface area contributed by atoms with Crippen molar-refractivity contribution in [1.29, 1.82) is 0 Å². The van der Waals surface area contributed by atoms with E-state index in [1.54, 1.807) is 7.11 Å². The normalized spacial score (nSPS) is 22.2. The van der Waals surface area contributed by atoms with Crippen molar-refractivity contribution < 1.29 is 4.74 Å². The minimum absolute atomic E-state index is 0.420. The zero-order valence-electron chi connectivity index (χ0n) is 7.90. The van der Waals surface area contributed by atoms with Gasteiger partial charge in [0.1, 0.15) is 0 Å². The summed E-state index contributed by atoms with van der Waals surface area (Å²) in [5.74, 6) is 0.791. The molecule has 0 aromatic rings. The van der Waals surface area contributed by atoms with Gasteiger partial charge in [-0.25, -0.2) is 0 Å². The van der Waals surface area contributed by atoms with Crippen molar-refractivity contribution in [2.75, 3.05) is 26.1 Å². The SMILES string of the molecule is COCC(C)NCC1(CCl)CC1. The van der Waals surface area contributed by atoms with Crippen LogP contribution in [0.1, 0.15) is 19.8 Å². The number of alkyl halides is 1. The van der Waals surface area contributed by atoms with Crippen molar-refractivity contribution in [3.05, 3.63) is 0 Å². The van der Waals surface area contributed by atoms with Gasteiger partial charge in [0.25, 0.3) is 0 Å². The molecule has 2 nitrogen and oxygen atoms in total. The largest absolute Gasteiger partial charge is 0.383 e. The maximum Gasteiger partial charge on any atom is 0.0613 e. The number of methoxy groups -OCH3 is 1. The molecule has 0 aromatic heterocycles. The highest BCUT2D eigenvalue weighted by Crippen LogP contribution is 2.45. The highest BCUT2D eigenvalue weighted by molar-refractivity contribution is 6.18. The van der Waals surface area contributed by atoms with Crippen LogP contribution >= 0.6 is 11.6 Å². The number of nitrogens with one attached hydrogen (secondary N) is 1. The second kappa shape index (κ2) is 4.45. The quantitative estimate of drug-likeness (QED) is 0.645. The van der Waals surface area contributed by atoms with E-state index < -0.39 is 0 Å². The first-order chi connectivity index (χ1) is 5.72. The molecular weight excluding hydrogens is 174 g/mol. The molecule has 0 spiro atoms. The molecular formula is C9H18ClNO. The molecule has 72 valence electrons. The summed E-state index contributed by atoms with van der Waals surface area (Å²) in [6, 6.07) is 0.440. The van der Waals surface area contributed by atoms with Crippen LogP contribution in [0.4, 0.5) is 0 Å². The van der Waals surface area contributed by atoms with Gasteiger partial charge < -0.3 is 10.1 Å². The monoisotopic (exact) mass is 191 g/mol. The molecule has 1 N–H and O–H groups in total. The maximum atomic E-state index is 5.84. The molecule has 0 heterocycles. The average Bonchev–Trinajstić information content (AvgIpc) is 2.82. The van der Waals surface area contributed by atoms with E-state index in [9.17, 15) is 0 Å². The zero-order chi connectivity index (χ0) is 9.03. The van der Waals surface area contributed by atoms with Gasteiger partial charge in [0.2, 0.25) is 0 Å². The number of ether oxygens (including phenoxy) is 1. The third-order valence-corrected chi connectivity index (χ3v) is 3.05. The predicted molar refractivity (Wildman–Crippen MR) is 51.7 cm³/mol. The molecule has 12 heavy (non-hydrogen) atoms. The predicted octanol–water partition coefficient (Wildman–Crippen LogP) is 1.63. The summed E-state index contributed by atoms with van der Waals surface area (Å²) >= 11 is 5.84. The zero-order valence-corrected chi connectivity index (χ0v) is 8.66. The van der Waals surface area contributed by atoms with E-state index in [1.165, 1.54) is 12.8 Å². The molecule has 1 unspecified atom stereocenters. The van der Waals surface area contributed by atoms with Gasteiger partial charge in [0.05, 0.1) is 6.61 Å². The summed E-state index contributed by atoms with van der Waals surface area (Å²) in [6.45, 7) is 3.95. The van der Waals surface area contributed by atoms with Crippen molar-refractivity contribution in [3.63, 3.8) is 0 Å². The molecule has 0 bridgehead atoms. The van der Waals surface area contributed by atoms with E-state index in [0.717, 1.165) is 19.0 Å². The van der Waals surface area contributed by atoms with Crippen LogP contribution in [0.15, 0.2) is 0 Å². The lowest BCUT2D eigenvalue weighted by atomic mass is 10.1. The van der Waals surface area contributed by atoms with Crippen LogP contribution in [-0.4, -0.2) is 32.2 Å². The van der Waals surface area contributed by atoms with Crippen LogP contribution in [0.3, 0.4) is 0 Å². The van der Waals surface area contributed by atoms with E-state index >= 15 is 0 Å². The van der Waals surface area contributed by atoms with Crippen molar-refractivity contribution in [3.8, 4) is 0 Å². The van der Waals surface area contributed by atoms with Crippen LogP contribution in [0.5, 0.6) is 0 Å². The first kappa shape index (κ1) is 10.3. The third kappa shape index (κ3) is 2.92. The number of hydrogen-bond acceptors (Lipinski definition) is 2. The Bertz CT molecular complexity index is 136. The molecule has 0 aromatic carbocycles. The Morgan fingerprint density at radius 3 is 2.67 bits per heavy atom. The topological polar surface area (TPSA) is 21.3 Å². The fourth-order valence-electron chi connectivity index (χ4n) is 1.23. The smallest absolute Gasteiger partial charge is 0.0613 e. The minimum Gasteiger partial charge on any atom is -0.383 e. The van der Waals surface area contributed by atoms with E-state index in [1.807, 2.05) is 0 Å². The number of hydrogen-bond donors (Lipinski definition) is 1. The molecule has 1 aliphatic rings. The summed E-state index contributed by atoms with van der Waals surface area (Å²) in [6.07, 6.45) is 2.56. The Kier molecular flexibility index (Phi) is 3.81. The summed E-state index contributed by atoms with van der Waals surface area (Å²) in [7, 11) is 1.73. The molecule has 1 saturated carbocycles. The molecule has 3 heteroatoms. The van der Waals surface area contributed by atoms with Crippen molar-refractivity contribution in [2.45, 2.75) is 25.8 Å². The molecule has 0 radical (unpaired) electrons. The maximum absolute atomic E-state index is 5.84. The first-order valence-corrected chi connectivity index (χ1v) is 5.04. The molecule has 0 amide bonds. The lowest BCUT2D eigenvalue weighted by molar-refractivity contribution is 0.170. The Hall–Kier alpha value is 0.210. The fraction of sp³-hybridized carbons (Fsp3) is 1.00. The Balaban J connectivity index is 2.08. The van der Waals surface area contributed by atoms with Gasteiger partial charge in [0, 0.05) is 25.6 Å². The van der Waals surface area contributed by atoms with Crippen LogP contribution in [0, 0.1) is 5.41 Å². The third-order valence-electron chi connectivity index (χ3n) is 2.48. The van der Waals surface area contributed by atoms with Crippen molar-refractivity contribution in [1.82, 2.24) is 5.32 Å². The van der Waals surface area contributed by atoms with E-state index in [-0.39, 0.29) is 0 Å². The Morgan fingerprint density at radius 1 is 1.58 bits per heavy atom. The standard InChI is InChI=1S/C9H18ClNO/c1-8(5-12-2)11-7-9(6-10)3-4-9/h8,11H,3-7H2,1-2H3. The first-order valence-electron chi connectivity index (χ1n) is 4.51. The fourth-order valence-corrected chi connectivity index (χ4v) is 1.60. The van der Waals surface area contributed by atoms with Gasteiger partial charge >= 0.3 is 0 Å². The Labute approximate surface area is 79.6 Å². The molecule has 0 saturated heterocycles. The Morgan fingerprint density at radius 2 is 2.25 bits per heavy atom. The highest BCUT2D eigenvalue weighted by Gasteiger charge is 2.41. The number of rotatable bonds is 6. The lowest BCUT2D eigenvalue weighted by Gasteiger charge is -2.17. The van der Waals surface area contributed by atoms with E-state index in [2.05, 4.69) is 12.2 Å². The van der Waals surface area contributed by atoms with Crippen LogP contribution in [0.2, 0.25) is 0 Å². The summed E-state index contributed by atoms with van der Waals surface area (Å²) in [4.78, 5) is 0. The van der Waals surface area contributed by atoms with Crippen molar-refractivity contribution >= 4 is 11.6 Å². The molecule has 1 aliphatic carbocycles. The van der Waals surface area contributed by atoms with Crippen molar-refractivity contribution in [2.24, 2.45) is 5.41 Å². The van der Waals surface area contributed by atoms with E-state index in [4.69, 9.17) is 16.3 Å². The van der Waals surface area contributed by atoms with Crippen LogP contribution in [0.25, 0.3) is 0 Å². The molecule has 1 atom stereocenters. The minimum atomic E-state index is 0.420. The average molecular weight is 192 g/mol. The summed E-state index contributed by atoms with van der Waals surface area (Å²) in [5, 5.41) is 3.43. The summed E-state index contributed by atoms with van der Waals surface area (Å²) < 4.78 is 5.03. The van der Waals surface area contributed by atoms with Gasteiger partial charge in [0.15, 0.2) is 0 Å². The molecule has 1 rings (SSSR count). The van der Waals surface area contributed by atoms with E-state index in [0.29, 0.717) is 11.5 Å². The summed E-state index contributed by atoms with van der Waals surface area (Å²) in [5.41, 5.74) is 0.420. The van der Waals surface area contributed by atoms with Gasteiger partial charge in [-0.1, -0.05) is 0 Å². The second-order valence-corrected chi connectivity index (χ2v) is 4.14. The van der Waals surface area contributed by atoms with Gasteiger partial charge in [-0.15, -0.1) is 11.6 Å². The highest BCUT2D eigenvalue weighted by atomic mass is 35.5. The van der Waals surface area contributed by atoms with Crippen LogP contribution < -0.4 is 5.32 Å². The lowest BCUT2D eigenvalue weighted by Crippen LogP contribution is -2.35. The number of halogens is 1. The van der Waals surface area contributed by atoms with Gasteiger partial charge in [-0.2, -0.15) is 0 Å². The second-order valence-electron chi connectivity index (χ2n) is 3.87. The van der Waals surface area contributed by atoms with Gasteiger partial charge in [-0.3, -0.25) is 0 Å². The molecule has 0 aliphatic heterocycles.